The Kier molecular flexibility index (Phi) is 6.57. The molecule has 4 heterocycles. The number of carbonyl (C=O) groups is 1. The minimum atomic E-state index is -0.482. The fourth-order valence-electron chi connectivity index (χ4n) is 4.36. The van der Waals surface area contributed by atoms with Gasteiger partial charge in [-0.05, 0) is 36.3 Å². The second kappa shape index (κ2) is 8.73. The molecular formula is C19H27ClN4O2S. The van der Waals surface area contributed by atoms with Crippen LogP contribution >= 0.6 is 23.7 Å². The lowest BCUT2D eigenvalue weighted by molar-refractivity contribution is -0.136. The van der Waals surface area contributed by atoms with E-state index in [1.807, 2.05) is 41.9 Å². The lowest BCUT2D eigenvalue weighted by atomic mass is 9.89. The Morgan fingerprint density at radius 1 is 1.48 bits per heavy atom. The molecular weight excluding hydrogens is 384 g/mol. The van der Waals surface area contributed by atoms with Crippen molar-refractivity contribution in [2.24, 2.45) is 13.0 Å². The van der Waals surface area contributed by atoms with Crippen molar-refractivity contribution >= 4 is 29.7 Å². The molecule has 2 unspecified atom stereocenters. The van der Waals surface area contributed by atoms with Gasteiger partial charge in [0.1, 0.15) is 0 Å². The summed E-state index contributed by atoms with van der Waals surface area (Å²) in [5.41, 5.74) is 1.13. The van der Waals surface area contributed by atoms with Crippen LogP contribution < -0.4 is 5.32 Å². The zero-order valence-corrected chi connectivity index (χ0v) is 17.1. The molecule has 0 aromatic carbocycles. The second-order valence-corrected chi connectivity index (χ2v) is 8.39. The third kappa shape index (κ3) is 4.21. The van der Waals surface area contributed by atoms with Gasteiger partial charge in [-0.25, -0.2) is 0 Å². The summed E-state index contributed by atoms with van der Waals surface area (Å²) in [6.07, 6.45) is 6.03. The molecule has 0 radical (unpaired) electrons. The average molecular weight is 411 g/mol. The number of likely N-dealkylation sites (tertiary alicyclic amines) is 1. The molecule has 27 heavy (non-hydrogen) atoms. The van der Waals surface area contributed by atoms with Crippen molar-refractivity contribution in [3.8, 4) is 0 Å². The zero-order valence-electron chi connectivity index (χ0n) is 15.5. The number of aromatic nitrogens is 2. The number of aryl methyl sites for hydroxylation is 1. The molecule has 0 spiro atoms. The number of hydrogen-bond donors (Lipinski definition) is 2. The summed E-state index contributed by atoms with van der Waals surface area (Å²) in [7, 11) is 1.91. The normalized spacial score (nSPS) is 26.1. The van der Waals surface area contributed by atoms with Crippen LogP contribution in [0, 0.1) is 5.92 Å². The van der Waals surface area contributed by atoms with Gasteiger partial charge in [-0.2, -0.15) is 5.10 Å². The van der Waals surface area contributed by atoms with E-state index in [2.05, 4.69) is 10.4 Å². The summed E-state index contributed by atoms with van der Waals surface area (Å²) in [6.45, 7) is 2.34. The van der Waals surface area contributed by atoms with Gasteiger partial charge in [0.05, 0.1) is 18.2 Å². The fraction of sp³-hybridized carbons (Fsp3) is 0.579. The molecule has 2 aromatic heterocycles. The number of rotatable bonds is 5. The minimum absolute atomic E-state index is 0. The van der Waals surface area contributed by atoms with Crippen molar-refractivity contribution in [1.29, 1.82) is 0 Å². The standard InChI is InChI=1S/C19H26N4O2S.ClH/c1-22-12-13(9-21-22)15-10-20-11-16(15)19(25)23-6-2-4-14(23)8-17(24)18-5-3-7-26-18;/h3,5,7,9,12,14-17,20,24H,2,4,6,8,10-11H2,1H3;1H/t14?,15-,16+,17?;/m1./s1. The van der Waals surface area contributed by atoms with Crippen LogP contribution in [0.1, 0.15) is 41.7 Å². The lowest BCUT2D eigenvalue weighted by Crippen LogP contribution is -2.42. The van der Waals surface area contributed by atoms with Gasteiger partial charge in [0.15, 0.2) is 0 Å². The van der Waals surface area contributed by atoms with E-state index in [4.69, 9.17) is 0 Å². The largest absolute Gasteiger partial charge is 0.387 e. The SMILES string of the molecule is Cl.Cn1cc([C@H]2CNC[C@@H]2C(=O)N2CCCC2CC(O)c2cccs2)cn1. The molecule has 1 amide bonds. The van der Waals surface area contributed by atoms with Crippen molar-refractivity contribution in [2.45, 2.75) is 37.3 Å². The van der Waals surface area contributed by atoms with Crippen molar-refractivity contribution in [2.75, 3.05) is 19.6 Å². The molecule has 4 atom stereocenters. The molecule has 8 heteroatoms. The molecule has 2 aromatic rings. The maximum atomic E-state index is 13.3. The number of hydrogen-bond acceptors (Lipinski definition) is 5. The first-order valence-corrected chi connectivity index (χ1v) is 10.2. The Balaban J connectivity index is 0.00000210. The first-order valence-electron chi connectivity index (χ1n) is 9.34. The van der Waals surface area contributed by atoms with Crippen molar-refractivity contribution in [3.05, 3.63) is 40.3 Å². The number of aliphatic hydroxyl groups excluding tert-OH is 1. The molecule has 2 saturated heterocycles. The molecule has 2 N–H and O–H groups in total. The number of nitrogens with zero attached hydrogens (tertiary/aromatic N) is 3. The highest BCUT2D eigenvalue weighted by molar-refractivity contribution is 7.10. The van der Waals surface area contributed by atoms with Crippen LogP contribution in [-0.4, -0.2) is 51.4 Å². The van der Waals surface area contributed by atoms with E-state index < -0.39 is 6.10 Å². The summed E-state index contributed by atoms with van der Waals surface area (Å²) < 4.78 is 1.80. The Bertz CT molecular complexity index is 751. The number of thiophene rings is 1. The van der Waals surface area contributed by atoms with Crippen molar-refractivity contribution in [3.63, 3.8) is 0 Å². The molecule has 0 aliphatic carbocycles. The predicted molar refractivity (Wildman–Crippen MR) is 108 cm³/mol. The number of nitrogens with one attached hydrogen (secondary N) is 1. The number of aliphatic hydroxyl groups is 1. The highest BCUT2D eigenvalue weighted by atomic mass is 35.5. The van der Waals surface area contributed by atoms with Gasteiger partial charge in [-0.15, -0.1) is 23.7 Å². The van der Waals surface area contributed by atoms with Gasteiger partial charge in [0.2, 0.25) is 5.91 Å². The summed E-state index contributed by atoms with van der Waals surface area (Å²) >= 11 is 1.58. The molecule has 148 valence electrons. The molecule has 2 aliphatic heterocycles. The average Bonchev–Trinajstić information content (AvgIpc) is 3.40. The van der Waals surface area contributed by atoms with Gasteiger partial charge in [0, 0.05) is 49.7 Å². The lowest BCUT2D eigenvalue weighted by Gasteiger charge is -2.30. The first-order chi connectivity index (χ1) is 12.6. The van der Waals surface area contributed by atoms with Crippen LogP contribution in [0.2, 0.25) is 0 Å². The van der Waals surface area contributed by atoms with Crippen LogP contribution in [0.4, 0.5) is 0 Å². The molecule has 6 nitrogen and oxygen atoms in total. The van der Waals surface area contributed by atoms with Gasteiger partial charge in [0.25, 0.3) is 0 Å². The maximum Gasteiger partial charge on any atom is 0.227 e. The zero-order chi connectivity index (χ0) is 18.1. The van der Waals surface area contributed by atoms with Crippen LogP contribution in [-0.2, 0) is 11.8 Å². The van der Waals surface area contributed by atoms with Gasteiger partial charge in [-0.3, -0.25) is 9.48 Å². The van der Waals surface area contributed by atoms with E-state index in [9.17, 15) is 9.90 Å². The third-order valence-electron chi connectivity index (χ3n) is 5.71. The van der Waals surface area contributed by atoms with E-state index in [1.54, 1.807) is 16.0 Å². The predicted octanol–water partition coefficient (Wildman–Crippen LogP) is 2.32. The quantitative estimate of drug-likeness (QED) is 0.793. The number of halogens is 1. The Morgan fingerprint density at radius 2 is 2.33 bits per heavy atom. The van der Waals surface area contributed by atoms with Crippen LogP contribution in [0.3, 0.4) is 0 Å². The van der Waals surface area contributed by atoms with Gasteiger partial charge < -0.3 is 15.3 Å². The highest BCUT2D eigenvalue weighted by Gasteiger charge is 2.40. The van der Waals surface area contributed by atoms with Crippen molar-refractivity contribution < 1.29 is 9.90 Å². The highest BCUT2D eigenvalue weighted by Crippen LogP contribution is 2.34. The van der Waals surface area contributed by atoms with Gasteiger partial charge >= 0.3 is 0 Å². The van der Waals surface area contributed by atoms with E-state index >= 15 is 0 Å². The van der Waals surface area contributed by atoms with E-state index in [1.165, 1.54) is 0 Å². The Hall–Kier alpha value is -1.41. The smallest absolute Gasteiger partial charge is 0.227 e. The molecule has 4 rings (SSSR count). The second-order valence-electron chi connectivity index (χ2n) is 7.41. The summed E-state index contributed by atoms with van der Waals surface area (Å²) in [5.74, 6) is 0.364. The van der Waals surface area contributed by atoms with E-state index in [-0.39, 0.29) is 36.2 Å². The fourth-order valence-corrected chi connectivity index (χ4v) is 5.08. The van der Waals surface area contributed by atoms with E-state index in [0.29, 0.717) is 6.42 Å². The number of amides is 1. The maximum absolute atomic E-state index is 13.3. The summed E-state index contributed by atoms with van der Waals surface area (Å²) in [5, 5.41) is 20.1. The van der Waals surface area contributed by atoms with Crippen molar-refractivity contribution in [1.82, 2.24) is 20.0 Å². The Morgan fingerprint density at radius 3 is 3.04 bits per heavy atom. The summed E-state index contributed by atoms with van der Waals surface area (Å²) in [4.78, 5) is 16.3. The molecule has 2 fully saturated rings. The van der Waals surface area contributed by atoms with Crippen LogP contribution in [0.5, 0.6) is 0 Å². The van der Waals surface area contributed by atoms with Gasteiger partial charge in [-0.1, -0.05) is 6.07 Å². The monoisotopic (exact) mass is 410 g/mol. The number of carbonyl (C=O) groups excluding carboxylic acids is 1. The van der Waals surface area contributed by atoms with Crippen LogP contribution in [0.15, 0.2) is 29.9 Å². The minimum Gasteiger partial charge on any atom is -0.387 e. The topological polar surface area (TPSA) is 70.4 Å². The molecule has 2 aliphatic rings. The molecule has 0 saturated carbocycles. The third-order valence-corrected chi connectivity index (χ3v) is 6.69. The Labute approximate surface area is 170 Å². The van der Waals surface area contributed by atoms with E-state index in [0.717, 1.165) is 42.9 Å². The van der Waals surface area contributed by atoms with Crippen LogP contribution in [0.25, 0.3) is 0 Å². The first kappa shape index (κ1) is 20.3. The molecule has 0 bridgehead atoms. The summed E-state index contributed by atoms with van der Waals surface area (Å²) in [6, 6.07) is 4.06.